The van der Waals surface area contributed by atoms with Crippen LogP contribution in [-0.2, 0) is 5.54 Å². The van der Waals surface area contributed by atoms with Crippen LogP contribution in [0.15, 0.2) is 48.7 Å². The molecule has 1 heterocycles. The topological polar surface area (TPSA) is 68.9 Å². The molecule has 0 aliphatic heterocycles. The van der Waals surface area contributed by atoms with E-state index in [1.165, 1.54) is 0 Å². The third-order valence-corrected chi connectivity index (χ3v) is 3.05. The number of pyridine rings is 1. The van der Waals surface area contributed by atoms with E-state index in [1.54, 1.807) is 18.3 Å². The van der Waals surface area contributed by atoms with Crippen molar-refractivity contribution >= 4 is 5.82 Å². The molecule has 1 unspecified atom stereocenters. The fourth-order valence-electron chi connectivity index (χ4n) is 1.87. The van der Waals surface area contributed by atoms with Crippen molar-refractivity contribution in [2.45, 2.75) is 12.5 Å². The van der Waals surface area contributed by atoms with E-state index < -0.39 is 5.54 Å². The lowest BCUT2D eigenvalue weighted by Crippen LogP contribution is -2.36. The van der Waals surface area contributed by atoms with Gasteiger partial charge in [0.05, 0.1) is 17.7 Å². The Labute approximate surface area is 112 Å². The fraction of sp³-hybridized carbons (Fsp3) is 0.200. The van der Waals surface area contributed by atoms with E-state index in [9.17, 15) is 5.11 Å². The van der Waals surface area contributed by atoms with Gasteiger partial charge in [-0.15, -0.1) is 0 Å². The summed E-state index contributed by atoms with van der Waals surface area (Å²) in [7, 11) is 0. The number of anilines is 1. The van der Waals surface area contributed by atoms with Crippen LogP contribution in [0.2, 0.25) is 0 Å². The second-order valence-electron chi connectivity index (χ2n) is 4.49. The van der Waals surface area contributed by atoms with Crippen molar-refractivity contribution in [3.05, 3.63) is 59.8 Å². The molecule has 0 saturated heterocycles. The maximum Gasteiger partial charge on any atom is 0.144 e. The number of rotatable bonds is 4. The number of hydrogen-bond acceptors (Lipinski definition) is 4. The lowest BCUT2D eigenvalue weighted by Gasteiger charge is -2.30. The summed E-state index contributed by atoms with van der Waals surface area (Å²) in [6.07, 6.45) is 1.62. The van der Waals surface area contributed by atoms with Crippen LogP contribution < -0.4 is 5.32 Å². The van der Waals surface area contributed by atoms with Crippen LogP contribution in [0.4, 0.5) is 5.82 Å². The van der Waals surface area contributed by atoms with Crippen LogP contribution in [0, 0.1) is 11.3 Å². The Kier molecular flexibility index (Phi) is 3.79. The number of aliphatic hydroxyl groups is 1. The largest absolute Gasteiger partial charge is 0.394 e. The average Bonchev–Trinajstić information content (AvgIpc) is 2.48. The minimum Gasteiger partial charge on any atom is -0.394 e. The second kappa shape index (κ2) is 5.51. The summed E-state index contributed by atoms with van der Waals surface area (Å²) in [5, 5.41) is 21.9. The van der Waals surface area contributed by atoms with Crippen LogP contribution in [0.5, 0.6) is 0 Å². The van der Waals surface area contributed by atoms with Gasteiger partial charge in [-0.2, -0.15) is 5.26 Å². The minimum absolute atomic E-state index is 0.0988. The van der Waals surface area contributed by atoms with Gasteiger partial charge in [0.25, 0.3) is 0 Å². The summed E-state index contributed by atoms with van der Waals surface area (Å²) in [5.74, 6) is 0.477. The highest BCUT2D eigenvalue weighted by atomic mass is 16.3. The van der Waals surface area contributed by atoms with Crippen molar-refractivity contribution in [2.75, 3.05) is 11.9 Å². The van der Waals surface area contributed by atoms with Gasteiger partial charge in [-0.05, 0) is 24.6 Å². The number of nitrogens with zero attached hydrogens (tertiary/aromatic N) is 2. The molecule has 1 aromatic carbocycles. The molecule has 0 aliphatic rings. The number of benzene rings is 1. The zero-order chi connectivity index (χ0) is 13.7. The highest BCUT2D eigenvalue weighted by molar-refractivity contribution is 5.54. The van der Waals surface area contributed by atoms with Crippen LogP contribution in [0.3, 0.4) is 0 Å². The number of nitriles is 1. The first-order chi connectivity index (χ1) is 9.19. The van der Waals surface area contributed by atoms with Gasteiger partial charge in [0.15, 0.2) is 0 Å². The Morgan fingerprint density at radius 1 is 1.26 bits per heavy atom. The smallest absolute Gasteiger partial charge is 0.144 e. The van der Waals surface area contributed by atoms with Crippen molar-refractivity contribution in [3.8, 4) is 6.07 Å². The van der Waals surface area contributed by atoms with Gasteiger partial charge in [-0.3, -0.25) is 0 Å². The molecule has 0 fully saturated rings. The Hall–Kier alpha value is -2.38. The van der Waals surface area contributed by atoms with Crippen molar-refractivity contribution in [1.29, 1.82) is 5.26 Å². The molecule has 0 saturated carbocycles. The average molecular weight is 253 g/mol. The minimum atomic E-state index is -0.679. The maximum absolute atomic E-state index is 9.69. The van der Waals surface area contributed by atoms with Crippen molar-refractivity contribution in [2.24, 2.45) is 0 Å². The van der Waals surface area contributed by atoms with Gasteiger partial charge in [0.1, 0.15) is 11.9 Å². The zero-order valence-electron chi connectivity index (χ0n) is 10.7. The Morgan fingerprint density at radius 2 is 2.00 bits per heavy atom. The van der Waals surface area contributed by atoms with Crippen LogP contribution in [0.25, 0.3) is 0 Å². The Morgan fingerprint density at radius 3 is 2.63 bits per heavy atom. The predicted molar refractivity (Wildman–Crippen MR) is 73.5 cm³/mol. The summed E-state index contributed by atoms with van der Waals surface area (Å²) in [6.45, 7) is 1.77. The molecule has 2 aromatic rings. The normalized spacial score (nSPS) is 13.3. The Balaban J connectivity index is 2.37. The SMILES string of the molecule is CC(CO)(Nc1ncccc1C#N)c1ccccc1. The molecule has 4 nitrogen and oxygen atoms in total. The molecule has 0 bridgehead atoms. The second-order valence-corrected chi connectivity index (χ2v) is 4.49. The first kappa shape index (κ1) is 13.1. The summed E-state index contributed by atoms with van der Waals surface area (Å²) >= 11 is 0. The maximum atomic E-state index is 9.69. The van der Waals surface area contributed by atoms with E-state index in [-0.39, 0.29) is 6.61 Å². The first-order valence-electron chi connectivity index (χ1n) is 5.99. The highest BCUT2D eigenvalue weighted by Gasteiger charge is 2.26. The molecular weight excluding hydrogens is 238 g/mol. The molecule has 0 spiro atoms. The lowest BCUT2D eigenvalue weighted by atomic mass is 9.92. The summed E-state index contributed by atoms with van der Waals surface area (Å²) in [4.78, 5) is 4.16. The van der Waals surface area contributed by atoms with E-state index in [0.717, 1.165) is 5.56 Å². The number of aliphatic hydroxyl groups excluding tert-OH is 1. The molecule has 2 N–H and O–H groups in total. The van der Waals surface area contributed by atoms with E-state index in [1.807, 2.05) is 37.3 Å². The third kappa shape index (κ3) is 2.72. The lowest BCUT2D eigenvalue weighted by molar-refractivity contribution is 0.223. The third-order valence-electron chi connectivity index (χ3n) is 3.05. The zero-order valence-corrected chi connectivity index (χ0v) is 10.7. The number of hydrogen-bond donors (Lipinski definition) is 2. The summed E-state index contributed by atoms with van der Waals surface area (Å²) in [6, 6.07) is 15.1. The Bertz CT molecular complexity index is 592. The molecule has 4 heteroatoms. The molecule has 19 heavy (non-hydrogen) atoms. The van der Waals surface area contributed by atoms with Crippen LogP contribution in [-0.4, -0.2) is 16.7 Å². The van der Waals surface area contributed by atoms with Gasteiger partial charge < -0.3 is 10.4 Å². The van der Waals surface area contributed by atoms with Gasteiger partial charge in [-0.25, -0.2) is 4.98 Å². The van der Waals surface area contributed by atoms with E-state index in [0.29, 0.717) is 11.4 Å². The van der Waals surface area contributed by atoms with Crippen LogP contribution >= 0.6 is 0 Å². The van der Waals surface area contributed by atoms with Gasteiger partial charge >= 0.3 is 0 Å². The fourth-order valence-corrected chi connectivity index (χ4v) is 1.87. The molecule has 0 aliphatic carbocycles. The molecule has 1 atom stereocenters. The monoisotopic (exact) mass is 253 g/mol. The van der Waals surface area contributed by atoms with Gasteiger partial charge in [0.2, 0.25) is 0 Å². The highest BCUT2D eigenvalue weighted by Crippen LogP contribution is 2.26. The van der Waals surface area contributed by atoms with Crippen molar-refractivity contribution in [3.63, 3.8) is 0 Å². The molecule has 0 radical (unpaired) electrons. The predicted octanol–water partition coefficient (Wildman–Crippen LogP) is 2.27. The van der Waals surface area contributed by atoms with E-state index >= 15 is 0 Å². The van der Waals surface area contributed by atoms with E-state index in [4.69, 9.17) is 5.26 Å². The molecular formula is C15H15N3O. The molecule has 1 aromatic heterocycles. The van der Waals surface area contributed by atoms with Crippen molar-refractivity contribution < 1.29 is 5.11 Å². The first-order valence-corrected chi connectivity index (χ1v) is 5.99. The number of nitrogens with one attached hydrogen (secondary N) is 1. The molecule has 2 rings (SSSR count). The van der Waals surface area contributed by atoms with Crippen LogP contribution in [0.1, 0.15) is 18.1 Å². The quantitative estimate of drug-likeness (QED) is 0.877. The summed E-state index contributed by atoms with van der Waals surface area (Å²) in [5.41, 5.74) is 0.714. The molecule has 96 valence electrons. The van der Waals surface area contributed by atoms with Gasteiger partial charge in [0, 0.05) is 6.20 Å². The van der Waals surface area contributed by atoms with Crippen molar-refractivity contribution in [1.82, 2.24) is 4.98 Å². The van der Waals surface area contributed by atoms with E-state index in [2.05, 4.69) is 16.4 Å². The standard InChI is InChI=1S/C15H15N3O/c1-15(11-19,13-7-3-2-4-8-13)18-14-12(10-16)6-5-9-17-14/h2-9,19H,11H2,1H3,(H,17,18). The number of aromatic nitrogens is 1. The molecule has 0 amide bonds. The van der Waals surface area contributed by atoms with Gasteiger partial charge in [-0.1, -0.05) is 30.3 Å². The summed E-state index contributed by atoms with van der Waals surface area (Å²) < 4.78 is 0.